The summed E-state index contributed by atoms with van der Waals surface area (Å²) in [5.41, 5.74) is 1.22. The zero-order valence-corrected chi connectivity index (χ0v) is 6.19. The highest BCUT2D eigenvalue weighted by atomic mass is 17.1. The van der Waals surface area contributed by atoms with Gasteiger partial charge >= 0.3 is 6.29 Å². The molecule has 0 fully saturated rings. The maximum Gasteiger partial charge on any atom is 0.318 e. The second-order valence-corrected chi connectivity index (χ2v) is 2.29. The predicted octanol–water partition coefficient (Wildman–Crippen LogP) is 0.629. The number of hydrogen-bond donors (Lipinski definition) is 0. The fourth-order valence-electron chi connectivity index (χ4n) is 0.918. The lowest BCUT2D eigenvalue weighted by atomic mass is 10.1. The topological polar surface area (TPSA) is 34.4 Å². The van der Waals surface area contributed by atoms with Gasteiger partial charge in [-0.25, -0.2) is 0 Å². The van der Waals surface area contributed by atoms with Gasteiger partial charge in [-0.3, -0.25) is 0 Å². The number of benzene rings is 1. The largest absolute Gasteiger partial charge is 0.463 e. The van der Waals surface area contributed by atoms with Crippen LogP contribution in [0.5, 0.6) is 0 Å². The first-order valence-electron chi connectivity index (χ1n) is 3.57. The molecule has 0 heterocycles. The van der Waals surface area contributed by atoms with E-state index in [1.807, 2.05) is 30.3 Å². The predicted molar refractivity (Wildman–Crippen MR) is 40.8 cm³/mol. The summed E-state index contributed by atoms with van der Waals surface area (Å²) in [5.74, 6) is 0. The summed E-state index contributed by atoms with van der Waals surface area (Å²) in [7, 11) is 0. The standard InChI is InChI=1S/C9H10O2/c10-11-8-4-7-9-5-2-1-3-6-9/h1-3,5-6,8H,4,7H2. The third-order valence-electron chi connectivity index (χ3n) is 1.46. The quantitative estimate of drug-likeness (QED) is 0.269. The molecule has 2 heteroatoms. The molecule has 0 bridgehead atoms. The number of rotatable bonds is 3. The van der Waals surface area contributed by atoms with Crippen molar-refractivity contribution in [3.63, 3.8) is 0 Å². The van der Waals surface area contributed by atoms with Gasteiger partial charge in [-0.15, -0.1) is 0 Å². The van der Waals surface area contributed by atoms with E-state index in [9.17, 15) is 5.26 Å². The van der Waals surface area contributed by atoms with E-state index < -0.39 is 0 Å². The summed E-state index contributed by atoms with van der Waals surface area (Å²) < 4.78 is 3.59. The Labute approximate surface area is 65.7 Å². The zero-order chi connectivity index (χ0) is 7.94. The van der Waals surface area contributed by atoms with Gasteiger partial charge in [0.2, 0.25) is 0 Å². The second-order valence-electron chi connectivity index (χ2n) is 2.29. The highest BCUT2D eigenvalue weighted by Gasteiger charge is 1.91. The minimum absolute atomic E-state index is 0.674. The monoisotopic (exact) mass is 150 g/mol. The highest BCUT2D eigenvalue weighted by Crippen LogP contribution is 2.00. The van der Waals surface area contributed by atoms with Gasteiger partial charge in [0, 0.05) is 0 Å². The average Bonchev–Trinajstić information content (AvgIpc) is 2.07. The maximum atomic E-state index is 9.56. The Balaban J connectivity index is 2.39. The normalized spacial score (nSPS) is 10.5. The summed E-state index contributed by atoms with van der Waals surface area (Å²) in [6.07, 6.45) is 2.81. The van der Waals surface area contributed by atoms with E-state index in [2.05, 4.69) is 4.58 Å². The molecule has 0 saturated heterocycles. The molecular weight excluding hydrogens is 140 g/mol. The molecule has 58 valence electrons. The first-order valence-corrected chi connectivity index (χ1v) is 3.57. The summed E-state index contributed by atoms with van der Waals surface area (Å²) in [6.45, 7) is 0. The van der Waals surface area contributed by atoms with Gasteiger partial charge in [0.25, 0.3) is 0 Å². The maximum absolute atomic E-state index is 9.56. The van der Waals surface area contributed by atoms with Crippen molar-refractivity contribution in [1.29, 1.82) is 0 Å². The van der Waals surface area contributed by atoms with Crippen LogP contribution in [0, 0.1) is 0 Å². The first kappa shape index (κ1) is 7.79. The van der Waals surface area contributed by atoms with Gasteiger partial charge < -0.3 is 5.26 Å². The van der Waals surface area contributed by atoms with Crippen molar-refractivity contribution < 1.29 is 9.83 Å². The van der Waals surface area contributed by atoms with E-state index in [-0.39, 0.29) is 0 Å². The molecule has 0 amide bonds. The lowest BCUT2D eigenvalue weighted by molar-refractivity contribution is -1.04. The Hall–Kier alpha value is -1.31. The van der Waals surface area contributed by atoms with Crippen LogP contribution in [0.2, 0.25) is 0 Å². The molecule has 0 aliphatic heterocycles. The van der Waals surface area contributed by atoms with Gasteiger partial charge in [-0.05, 0) is 12.0 Å². The van der Waals surface area contributed by atoms with Crippen LogP contribution in [0.1, 0.15) is 12.0 Å². The first-order chi connectivity index (χ1) is 5.43. The lowest BCUT2D eigenvalue weighted by Gasteiger charge is -1.92. The minimum atomic E-state index is 0.674. The van der Waals surface area contributed by atoms with Crippen LogP contribution in [0.3, 0.4) is 0 Å². The van der Waals surface area contributed by atoms with Crippen molar-refractivity contribution in [2.24, 2.45) is 0 Å². The Bertz CT molecular complexity index is 216. The molecular formula is C9H10O2. The van der Waals surface area contributed by atoms with E-state index in [1.54, 1.807) is 0 Å². The van der Waals surface area contributed by atoms with Crippen molar-refractivity contribution in [2.45, 2.75) is 12.8 Å². The van der Waals surface area contributed by atoms with Gasteiger partial charge in [0.15, 0.2) is 0 Å². The van der Waals surface area contributed by atoms with Crippen LogP contribution in [0.15, 0.2) is 30.3 Å². The van der Waals surface area contributed by atoms with E-state index in [4.69, 9.17) is 0 Å². The number of carbonyl (C=O) groups excluding carboxylic acids is 1. The molecule has 11 heavy (non-hydrogen) atoms. The smallest absolute Gasteiger partial charge is 0.318 e. The van der Waals surface area contributed by atoms with Gasteiger partial charge in [0.05, 0.1) is 6.42 Å². The molecule has 0 aromatic heterocycles. The molecule has 1 aromatic rings. The molecule has 0 saturated carbocycles. The van der Waals surface area contributed by atoms with E-state index in [0.717, 1.165) is 6.42 Å². The van der Waals surface area contributed by atoms with Crippen molar-refractivity contribution in [1.82, 2.24) is 0 Å². The fraction of sp³-hybridized carbons (Fsp3) is 0.222. The SMILES string of the molecule is [O-][O+]=CCCc1ccccc1. The number of aryl methyl sites for hydroxylation is 1. The summed E-state index contributed by atoms with van der Waals surface area (Å²) in [4.78, 5) is 0. The second kappa shape index (κ2) is 4.50. The molecule has 0 spiro atoms. The third-order valence-corrected chi connectivity index (χ3v) is 1.46. The van der Waals surface area contributed by atoms with Gasteiger partial charge in [0.1, 0.15) is 0 Å². The minimum Gasteiger partial charge on any atom is -0.463 e. The number of hydrogen-bond acceptors (Lipinski definition) is 1. The molecule has 0 N–H and O–H groups in total. The molecule has 1 rings (SSSR count). The zero-order valence-electron chi connectivity index (χ0n) is 6.19. The van der Waals surface area contributed by atoms with Gasteiger partial charge in [-0.2, -0.15) is 4.58 Å². The van der Waals surface area contributed by atoms with E-state index in [1.165, 1.54) is 11.8 Å². The van der Waals surface area contributed by atoms with Gasteiger partial charge in [-0.1, -0.05) is 30.3 Å². The fourth-order valence-corrected chi connectivity index (χ4v) is 0.918. The van der Waals surface area contributed by atoms with Crippen LogP contribution in [-0.4, -0.2) is 6.29 Å². The molecule has 0 unspecified atom stereocenters. The Morgan fingerprint density at radius 2 is 2.00 bits per heavy atom. The summed E-state index contributed by atoms with van der Waals surface area (Å²) >= 11 is 0. The van der Waals surface area contributed by atoms with Crippen LogP contribution >= 0.6 is 0 Å². The molecule has 2 nitrogen and oxygen atoms in total. The Morgan fingerprint density at radius 1 is 1.27 bits per heavy atom. The van der Waals surface area contributed by atoms with Crippen LogP contribution in [-0.2, 0) is 11.0 Å². The van der Waals surface area contributed by atoms with E-state index >= 15 is 0 Å². The molecule has 0 aliphatic rings. The Kier molecular flexibility index (Phi) is 3.19. The molecule has 1 aromatic carbocycles. The summed E-state index contributed by atoms with van der Waals surface area (Å²) in [6, 6.07) is 9.98. The van der Waals surface area contributed by atoms with Crippen molar-refractivity contribution in [3.8, 4) is 0 Å². The van der Waals surface area contributed by atoms with Crippen molar-refractivity contribution >= 4 is 6.29 Å². The van der Waals surface area contributed by atoms with Crippen molar-refractivity contribution in [3.05, 3.63) is 35.9 Å². The lowest BCUT2D eigenvalue weighted by Crippen LogP contribution is -1.97. The highest BCUT2D eigenvalue weighted by molar-refractivity contribution is 5.50. The van der Waals surface area contributed by atoms with Crippen LogP contribution < -0.4 is 5.26 Å². The average molecular weight is 150 g/mol. The van der Waals surface area contributed by atoms with Crippen LogP contribution in [0.4, 0.5) is 0 Å². The number of aldehydes is 1. The van der Waals surface area contributed by atoms with Crippen molar-refractivity contribution in [2.75, 3.05) is 0 Å². The molecule has 0 aliphatic carbocycles. The Morgan fingerprint density at radius 3 is 2.64 bits per heavy atom. The molecule has 0 radical (unpaired) electrons. The van der Waals surface area contributed by atoms with Crippen LogP contribution in [0.25, 0.3) is 0 Å². The summed E-state index contributed by atoms with van der Waals surface area (Å²) in [5, 5.41) is 9.56. The third kappa shape index (κ3) is 2.85. The van der Waals surface area contributed by atoms with E-state index in [0.29, 0.717) is 6.42 Å². The molecule has 0 atom stereocenters.